The van der Waals surface area contributed by atoms with Gasteiger partial charge in [0.25, 0.3) is 5.91 Å². The quantitative estimate of drug-likeness (QED) is 0.310. The Morgan fingerprint density at radius 1 is 1.06 bits per heavy atom. The summed E-state index contributed by atoms with van der Waals surface area (Å²) < 4.78 is 16.2. The fourth-order valence-electron chi connectivity index (χ4n) is 3.06. The lowest BCUT2D eigenvalue weighted by atomic mass is 10.1. The zero-order valence-corrected chi connectivity index (χ0v) is 18.9. The first-order valence-corrected chi connectivity index (χ1v) is 10.8. The van der Waals surface area contributed by atoms with Crippen LogP contribution in [0.15, 0.2) is 65.2 Å². The molecule has 0 aliphatic rings. The molecule has 0 aliphatic heterocycles. The summed E-state index contributed by atoms with van der Waals surface area (Å²) in [6.45, 7) is 2.07. The van der Waals surface area contributed by atoms with Crippen LogP contribution < -0.4 is 10.1 Å². The van der Waals surface area contributed by atoms with E-state index in [1.807, 2.05) is 0 Å². The first kappa shape index (κ1) is 22.6. The van der Waals surface area contributed by atoms with Crippen LogP contribution in [0.2, 0.25) is 10.0 Å². The average Bonchev–Trinajstić information content (AvgIpc) is 3.20. The number of aromatic nitrogens is 1. The van der Waals surface area contributed by atoms with E-state index in [4.69, 9.17) is 37.1 Å². The van der Waals surface area contributed by atoms with Crippen molar-refractivity contribution in [1.29, 1.82) is 0 Å². The van der Waals surface area contributed by atoms with E-state index in [1.165, 1.54) is 6.20 Å². The molecule has 0 radical (unpaired) electrons. The van der Waals surface area contributed by atoms with Crippen LogP contribution >= 0.6 is 23.2 Å². The van der Waals surface area contributed by atoms with Gasteiger partial charge in [-0.1, -0.05) is 29.3 Å². The van der Waals surface area contributed by atoms with Crippen molar-refractivity contribution >= 4 is 51.7 Å². The van der Waals surface area contributed by atoms with Gasteiger partial charge in [0.05, 0.1) is 29.9 Å². The largest absolute Gasteiger partial charge is 0.466 e. The molecule has 168 valence electrons. The van der Waals surface area contributed by atoms with Crippen LogP contribution in [-0.4, -0.2) is 23.5 Å². The zero-order chi connectivity index (χ0) is 23.4. The first-order chi connectivity index (χ1) is 15.9. The van der Waals surface area contributed by atoms with Crippen LogP contribution in [-0.2, 0) is 16.0 Å². The third-order valence-corrected chi connectivity index (χ3v) is 5.09. The number of furan rings is 1. The number of amides is 1. The van der Waals surface area contributed by atoms with Crippen molar-refractivity contribution in [1.82, 2.24) is 4.98 Å². The SMILES string of the molecule is CCOC(=O)Cc1ccc(Oc2ccc(NC(=O)c3cc4cc(Cl)ccc4o3)cn2)c(Cl)c1. The third-order valence-electron chi connectivity index (χ3n) is 4.56. The number of benzene rings is 2. The van der Waals surface area contributed by atoms with Gasteiger partial charge in [0, 0.05) is 16.5 Å². The maximum absolute atomic E-state index is 12.5. The molecule has 0 spiro atoms. The molecule has 4 aromatic rings. The fourth-order valence-corrected chi connectivity index (χ4v) is 3.48. The average molecular weight is 485 g/mol. The van der Waals surface area contributed by atoms with Gasteiger partial charge < -0.3 is 19.2 Å². The number of halogens is 2. The number of hydrogen-bond acceptors (Lipinski definition) is 6. The standard InChI is InChI=1S/C24H18Cl2N2O5/c1-2-31-23(29)10-14-3-6-20(18(26)9-14)33-22-8-5-17(13-27-22)28-24(30)21-12-15-11-16(25)4-7-19(15)32-21/h3-9,11-13H,2,10H2,1H3,(H,28,30). The smallest absolute Gasteiger partial charge is 0.310 e. The number of carbonyl (C=O) groups is 2. The molecular weight excluding hydrogens is 467 g/mol. The molecule has 0 aliphatic carbocycles. The highest BCUT2D eigenvalue weighted by Crippen LogP contribution is 2.30. The Hall–Kier alpha value is -3.55. The Bertz CT molecular complexity index is 1320. The molecule has 0 fully saturated rings. The third kappa shape index (κ3) is 5.63. The van der Waals surface area contributed by atoms with Gasteiger partial charge in [0.2, 0.25) is 5.88 Å². The van der Waals surface area contributed by atoms with Crippen molar-refractivity contribution in [3.8, 4) is 11.6 Å². The van der Waals surface area contributed by atoms with Gasteiger partial charge in [-0.2, -0.15) is 0 Å². The molecule has 0 bridgehead atoms. The predicted octanol–water partition coefficient (Wildman–Crippen LogP) is 6.28. The number of carbonyl (C=O) groups excluding carboxylic acids is 2. The van der Waals surface area contributed by atoms with Crippen LogP contribution in [0, 0.1) is 0 Å². The Balaban J connectivity index is 1.39. The van der Waals surface area contributed by atoms with E-state index in [2.05, 4.69) is 10.3 Å². The molecule has 2 heterocycles. The molecule has 2 aromatic heterocycles. The number of nitrogens with zero attached hydrogens (tertiary/aromatic N) is 1. The van der Waals surface area contributed by atoms with Gasteiger partial charge in [0.15, 0.2) is 5.76 Å². The van der Waals surface area contributed by atoms with E-state index < -0.39 is 5.91 Å². The summed E-state index contributed by atoms with van der Waals surface area (Å²) in [7, 11) is 0. The molecule has 1 amide bonds. The molecular formula is C24H18Cl2N2O5. The maximum Gasteiger partial charge on any atom is 0.310 e. The van der Waals surface area contributed by atoms with Crippen molar-refractivity contribution < 1.29 is 23.5 Å². The number of fused-ring (bicyclic) bond motifs is 1. The second-order valence-corrected chi connectivity index (χ2v) is 7.82. The lowest BCUT2D eigenvalue weighted by Gasteiger charge is -2.09. The highest BCUT2D eigenvalue weighted by atomic mass is 35.5. The number of hydrogen-bond donors (Lipinski definition) is 1. The van der Waals surface area contributed by atoms with Crippen molar-refractivity contribution in [2.75, 3.05) is 11.9 Å². The van der Waals surface area contributed by atoms with Crippen LogP contribution in [0.5, 0.6) is 11.6 Å². The topological polar surface area (TPSA) is 90.7 Å². The summed E-state index contributed by atoms with van der Waals surface area (Å²) in [5, 5.41) is 4.35. The molecule has 9 heteroatoms. The number of pyridine rings is 1. The molecule has 33 heavy (non-hydrogen) atoms. The summed E-state index contributed by atoms with van der Waals surface area (Å²) in [6, 6.07) is 15.0. The lowest BCUT2D eigenvalue weighted by molar-refractivity contribution is -0.142. The summed E-state index contributed by atoms with van der Waals surface area (Å²) in [6.07, 6.45) is 1.58. The van der Waals surface area contributed by atoms with E-state index in [9.17, 15) is 9.59 Å². The second kappa shape index (κ2) is 9.94. The molecule has 0 saturated carbocycles. The van der Waals surface area contributed by atoms with E-state index in [0.717, 1.165) is 5.39 Å². The first-order valence-electron chi connectivity index (χ1n) is 9.99. The van der Waals surface area contributed by atoms with Crippen LogP contribution in [0.4, 0.5) is 5.69 Å². The Kier molecular flexibility index (Phi) is 6.82. The molecule has 0 unspecified atom stereocenters. The molecule has 1 N–H and O–H groups in total. The Morgan fingerprint density at radius 2 is 1.91 bits per heavy atom. The minimum absolute atomic E-state index is 0.124. The van der Waals surface area contributed by atoms with E-state index in [0.29, 0.717) is 39.2 Å². The van der Waals surface area contributed by atoms with Gasteiger partial charge in [-0.15, -0.1) is 0 Å². The van der Waals surface area contributed by atoms with E-state index in [-0.39, 0.29) is 24.0 Å². The van der Waals surface area contributed by atoms with E-state index >= 15 is 0 Å². The zero-order valence-electron chi connectivity index (χ0n) is 17.4. The van der Waals surface area contributed by atoms with Gasteiger partial charge in [0.1, 0.15) is 11.3 Å². The van der Waals surface area contributed by atoms with Crippen molar-refractivity contribution in [3.05, 3.63) is 82.2 Å². The number of nitrogens with one attached hydrogen (secondary N) is 1. The molecule has 0 saturated heterocycles. The summed E-state index contributed by atoms with van der Waals surface area (Å²) >= 11 is 12.2. The van der Waals surface area contributed by atoms with Gasteiger partial charge >= 0.3 is 5.97 Å². The Morgan fingerprint density at radius 3 is 2.64 bits per heavy atom. The number of anilines is 1. The van der Waals surface area contributed by atoms with Gasteiger partial charge in [-0.3, -0.25) is 9.59 Å². The van der Waals surface area contributed by atoms with Crippen LogP contribution in [0.3, 0.4) is 0 Å². The highest BCUT2D eigenvalue weighted by molar-refractivity contribution is 6.32. The number of ether oxygens (including phenoxy) is 2. The molecule has 0 atom stereocenters. The maximum atomic E-state index is 12.5. The summed E-state index contributed by atoms with van der Waals surface area (Å²) in [4.78, 5) is 28.3. The normalized spacial score (nSPS) is 10.8. The Labute approximate surface area is 199 Å². The van der Waals surface area contributed by atoms with Crippen molar-refractivity contribution in [3.63, 3.8) is 0 Å². The van der Waals surface area contributed by atoms with Gasteiger partial charge in [-0.05, 0) is 55.0 Å². The lowest BCUT2D eigenvalue weighted by Crippen LogP contribution is -2.10. The predicted molar refractivity (Wildman–Crippen MR) is 125 cm³/mol. The van der Waals surface area contributed by atoms with Crippen LogP contribution in [0.25, 0.3) is 11.0 Å². The number of esters is 1. The summed E-state index contributed by atoms with van der Waals surface area (Å²) in [5.41, 5.74) is 1.74. The highest BCUT2D eigenvalue weighted by Gasteiger charge is 2.14. The second-order valence-electron chi connectivity index (χ2n) is 6.98. The summed E-state index contributed by atoms with van der Waals surface area (Å²) in [5.74, 6) is 0.0780. The van der Waals surface area contributed by atoms with Crippen molar-refractivity contribution in [2.45, 2.75) is 13.3 Å². The van der Waals surface area contributed by atoms with Crippen molar-refractivity contribution in [2.24, 2.45) is 0 Å². The van der Waals surface area contributed by atoms with Crippen LogP contribution in [0.1, 0.15) is 23.0 Å². The fraction of sp³-hybridized carbons (Fsp3) is 0.125. The van der Waals surface area contributed by atoms with Gasteiger partial charge in [-0.25, -0.2) is 4.98 Å². The minimum atomic E-state index is -0.418. The molecule has 4 rings (SSSR count). The minimum Gasteiger partial charge on any atom is -0.466 e. The molecule has 2 aromatic carbocycles. The molecule has 7 nitrogen and oxygen atoms in total. The van der Waals surface area contributed by atoms with E-state index in [1.54, 1.807) is 61.5 Å². The monoisotopic (exact) mass is 484 g/mol. The number of rotatable bonds is 7.